The summed E-state index contributed by atoms with van der Waals surface area (Å²) in [4.78, 5) is 5.78. The molecule has 0 spiro atoms. The fourth-order valence-corrected chi connectivity index (χ4v) is 3.42. The zero-order valence-electron chi connectivity index (χ0n) is 13.5. The lowest BCUT2D eigenvalue weighted by Crippen LogP contribution is -2.25. The number of H-pyrrole nitrogens is 1. The number of aryl methyl sites for hydroxylation is 1. The Bertz CT molecular complexity index is 788. The maximum Gasteiger partial charge on any atom is 0.0455 e. The Kier molecular flexibility index (Phi) is 3.80. The molecule has 3 nitrogen and oxygen atoms in total. The molecular formula is C20H23N3. The Hall–Kier alpha value is -2.26. The summed E-state index contributed by atoms with van der Waals surface area (Å²) in [6.07, 6.45) is 3.20. The van der Waals surface area contributed by atoms with Crippen molar-refractivity contribution in [2.45, 2.75) is 25.9 Å². The van der Waals surface area contributed by atoms with Crippen LogP contribution in [-0.2, 0) is 6.54 Å². The number of likely N-dealkylation sites (tertiary alicyclic amines) is 1. The highest BCUT2D eigenvalue weighted by Crippen LogP contribution is 2.21. The van der Waals surface area contributed by atoms with Crippen LogP contribution >= 0.6 is 0 Å². The third kappa shape index (κ3) is 3.25. The highest BCUT2D eigenvalue weighted by molar-refractivity contribution is 5.83. The topological polar surface area (TPSA) is 31.1 Å². The second-order valence-corrected chi connectivity index (χ2v) is 6.63. The number of hydrogen-bond acceptors (Lipinski definition) is 2. The van der Waals surface area contributed by atoms with Crippen LogP contribution in [0.3, 0.4) is 0 Å². The minimum atomic E-state index is 0.539. The molecule has 1 saturated heterocycles. The standard InChI is InChI=1S/C20H23N3/c1-15-2-4-16(5-3-15)13-23-11-9-19(14-23)22-18-6-7-20-17(12-18)8-10-21-20/h2-8,10,12,19,21-22H,9,11,13-14H2,1H3/t19-/m1/s1. The third-order valence-corrected chi connectivity index (χ3v) is 4.72. The number of anilines is 1. The average molecular weight is 305 g/mol. The fraction of sp³-hybridized carbons (Fsp3) is 0.300. The van der Waals surface area contributed by atoms with Crippen LogP contribution in [0.25, 0.3) is 10.9 Å². The Morgan fingerprint density at radius 1 is 1.13 bits per heavy atom. The van der Waals surface area contributed by atoms with Crippen LogP contribution in [0, 0.1) is 6.92 Å². The Labute approximate surface area is 137 Å². The molecule has 3 aromatic rings. The summed E-state index contributed by atoms with van der Waals surface area (Å²) in [5.41, 5.74) is 5.15. The zero-order valence-corrected chi connectivity index (χ0v) is 13.5. The summed E-state index contributed by atoms with van der Waals surface area (Å²) in [6.45, 7) is 5.47. The van der Waals surface area contributed by atoms with Crippen molar-refractivity contribution in [1.29, 1.82) is 0 Å². The van der Waals surface area contributed by atoms with E-state index < -0.39 is 0 Å². The molecule has 0 saturated carbocycles. The summed E-state index contributed by atoms with van der Waals surface area (Å²) in [5.74, 6) is 0. The average Bonchev–Trinajstić information content (AvgIpc) is 3.18. The van der Waals surface area contributed by atoms with E-state index in [1.807, 2.05) is 6.20 Å². The quantitative estimate of drug-likeness (QED) is 0.758. The van der Waals surface area contributed by atoms with E-state index in [0.717, 1.165) is 19.6 Å². The molecule has 1 atom stereocenters. The van der Waals surface area contributed by atoms with E-state index >= 15 is 0 Å². The molecule has 0 unspecified atom stereocenters. The Balaban J connectivity index is 1.37. The fourth-order valence-electron chi connectivity index (χ4n) is 3.42. The van der Waals surface area contributed by atoms with Crippen molar-refractivity contribution in [1.82, 2.24) is 9.88 Å². The predicted molar refractivity (Wildman–Crippen MR) is 96.8 cm³/mol. The molecule has 0 bridgehead atoms. The zero-order chi connectivity index (χ0) is 15.6. The van der Waals surface area contributed by atoms with E-state index in [1.54, 1.807) is 0 Å². The highest BCUT2D eigenvalue weighted by atomic mass is 15.2. The number of fused-ring (bicyclic) bond motifs is 1. The Morgan fingerprint density at radius 3 is 2.87 bits per heavy atom. The van der Waals surface area contributed by atoms with Gasteiger partial charge in [-0.25, -0.2) is 0 Å². The van der Waals surface area contributed by atoms with Gasteiger partial charge in [0, 0.05) is 48.5 Å². The second kappa shape index (κ2) is 6.09. The van der Waals surface area contributed by atoms with Crippen LogP contribution in [0.15, 0.2) is 54.7 Å². The van der Waals surface area contributed by atoms with Crippen molar-refractivity contribution < 1.29 is 0 Å². The maximum absolute atomic E-state index is 3.69. The van der Waals surface area contributed by atoms with E-state index in [2.05, 4.69) is 70.7 Å². The van der Waals surface area contributed by atoms with Crippen molar-refractivity contribution in [3.63, 3.8) is 0 Å². The van der Waals surface area contributed by atoms with Crippen molar-refractivity contribution in [3.05, 3.63) is 65.9 Å². The molecule has 23 heavy (non-hydrogen) atoms. The van der Waals surface area contributed by atoms with Gasteiger partial charge in [-0.15, -0.1) is 0 Å². The molecule has 4 rings (SSSR count). The number of aromatic nitrogens is 1. The van der Waals surface area contributed by atoms with Crippen molar-refractivity contribution >= 4 is 16.6 Å². The number of hydrogen-bond donors (Lipinski definition) is 2. The summed E-state index contributed by atoms with van der Waals surface area (Å²) < 4.78 is 0. The summed E-state index contributed by atoms with van der Waals surface area (Å²) in [5, 5.41) is 4.96. The minimum absolute atomic E-state index is 0.539. The lowest BCUT2D eigenvalue weighted by Gasteiger charge is -2.17. The molecule has 3 heteroatoms. The van der Waals surface area contributed by atoms with Crippen LogP contribution in [-0.4, -0.2) is 29.0 Å². The maximum atomic E-state index is 3.69. The molecular weight excluding hydrogens is 282 g/mol. The summed E-state index contributed by atoms with van der Waals surface area (Å²) in [7, 11) is 0. The molecule has 118 valence electrons. The van der Waals surface area contributed by atoms with E-state index in [1.165, 1.54) is 34.1 Å². The molecule has 1 fully saturated rings. The third-order valence-electron chi connectivity index (χ3n) is 4.72. The van der Waals surface area contributed by atoms with Gasteiger partial charge < -0.3 is 10.3 Å². The minimum Gasteiger partial charge on any atom is -0.381 e. The molecule has 1 aromatic heterocycles. The largest absolute Gasteiger partial charge is 0.381 e. The molecule has 0 amide bonds. The Morgan fingerprint density at radius 2 is 2.00 bits per heavy atom. The summed E-state index contributed by atoms with van der Waals surface area (Å²) in [6, 6.07) is 18.1. The molecule has 2 heterocycles. The van der Waals surface area contributed by atoms with Crippen LogP contribution in [0.1, 0.15) is 17.5 Å². The SMILES string of the molecule is Cc1ccc(CN2CC[C@@H](Nc3ccc4[nH]ccc4c3)C2)cc1. The summed E-state index contributed by atoms with van der Waals surface area (Å²) >= 11 is 0. The predicted octanol–water partition coefficient (Wildman–Crippen LogP) is 4.16. The van der Waals surface area contributed by atoms with Crippen LogP contribution < -0.4 is 5.32 Å². The smallest absolute Gasteiger partial charge is 0.0455 e. The van der Waals surface area contributed by atoms with Crippen LogP contribution in [0.2, 0.25) is 0 Å². The number of nitrogens with one attached hydrogen (secondary N) is 2. The number of rotatable bonds is 4. The number of aromatic amines is 1. The van der Waals surface area contributed by atoms with Crippen molar-refractivity contribution in [3.8, 4) is 0 Å². The second-order valence-electron chi connectivity index (χ2n) is 6.63. The van der Waals surface area contributed by atoms with E-state index in [-0.39, 0.29) is 0 Å². The van der Waals surface area contributed by atoms with Gasteiger partial charge in [0.15, 0.2) is 0 Å². The van der Waals surface area contributed by atoms with E-state index in [4.69, 9.17) is 0 Å². The molecule has 2 aromatic carbocycles. The van der Waals surface area contributed by atoms with E-state index in [9.17, 15) is 0 Å². The van der Waals surface area contributed by atoms with E-state index in [0.29, 0.717) is 6.04 Å². The molecule has 1 aliphatic rings. The first-order valence-corrected chi connectivity index (χ1v) is 8.38. The van der Waals surface area contributed by atoms with Crippen molar-refractivity contribution in [2.75, 3.05) is 18.4 Å². The van der Waals surface area contributed by atoms with Gasteiger partial charge in [0.2, 0.25) is 0 Å². The van der Waals surface area contributed by atoms with Gasteiger partial charge in [0.05, 0.1) is 0 Å². The van der Waals surface area contributed by atoms with Gasteiger partial charge in [-0.1, -0.05) is 29.8 Å². The van der Waals surface area contributed by atoms with Gasteiger partial charge in [0.1, 0.15) is 0 Å². The van der Waals surface area contributed by atoms with Crippen LogP contribution in [0.4, 0.5) is 5.69 Å². The first-order valence-electron chi connectivity index (χ1n) is 8.38. The molecule has 1 aliphatic heterocycles. The normalized spacial score (nSPS) is 18.6. The van der Waals surface area contributed by atoms with Crippen LogP contribution in [0.5, 0.6) is 0 Å². The van der Waals surface area contributed by atoms with Crippen molar-refractivity contribution in [2.24, 2.45) is 0 Å². The number of nitrogens with zero attached hydrogens (tertiary/aromatic N) is 1. The molecule has 0 aliphatic carbocycles. The van der Waals surface area contributed by atoms with Gasteiger partial charge in [-0.2, -0.15) is 0 Å². The van der Waals surface area contributed by atoms with Gasteiger partial charge in [0.25, 0.3) is 0 Å². The molecule has 2 N–H and O–H groups in total. The van der Waals surface area contributed by atoms with Gasteiger partial charge in [-0.05, 0) is 43.2 Å². The first kappa shape index (κ1) is 14.3. The lowest BCUT2D eigenvalue weighted by atomic mass is 10.1. The molecule has 0 radical (unpaired) electrons. The first-order chi connectivity index (χ1) is 11.3. The highest BCUT2D eigenvalue weighted by Gasteiger charge is 2.22. The van der Waals surface area contributed by atoms with Gasteiger partial charge >= 0.3 is 0 Å². The lowest BCUT2D eigenvalue weighted by molar-refractivity contribution is 0.328. The monoisotopic (exact) mass is 305 g/mol. The van der Waals surface area contributed by atoms with Gasteiger partial charge in [-0.3, -0.25) is 4.90 Å². The number of benzene rings is 2.